The second kappa shape index (κ2) is 9.41. The minimum absolute atomic E-state index is 0. The molecule has 156 valence electrons. The van der Waals surface area contributed by atoms with E-state index in [2.05, 4.69) is 16.4 Å². The van der Waals surface area contributed by atoms with Gasteiger partial charge in [-0.15, -0.1) is 0 Å². The van der Waals surface area contributed by atoms with Crippen LogP contribution in [0.25, 0.3) is 33.1 Å². The molecule has 0 bridgehead atoms. The Morgan fingerprint density at radius 2 is 1.87 bits per heavy atom. The molecule has 6 heteroatoms. The molecule has 0 aliphatic rings. The summed E-state index contributed by atoms with van der Waals surface area (Å²) in [6.07, 6.45) is 1.73. The number of para-hydroxylation sites is 1. The molecule has 2 heterocycles. The van der Waals surface area contributed by atoms with Gasteiger partial charge < -0.3 is 20.8 Å². The number of H-pyrrole nitrogens is 1. The standard InChI is InChI=1S/C23H24N4O2.CH4/c1-29-16-10-8-15(9-11-16)21-22-18(17-6-2-3-7-19(17)26-22)14-20(27-21)23(28)25-13-5-4-12-24;/h2-3,6-11,14,26H,4-5,12-13,24H2,1H3,(H,25,28);1H4. The van der Waals surface area contributed by atoms with Crippen LogP contribution in [0.4, 0.5) is 0 Å². The van der Waals surface area contributed by atoms with E-state index in [0.29, 0.717) is 18.8 Å². The molecule has 0 aliphatic carbocycles. The molecular weight excluding hydrogens is 376 g/mol. The third kappa shape index (κ3) is 4.14. The summed E-state index contributed by atoms with van der Waals surface area (Å²) < 4.78 is 5.27. The molecule has 0 aliphatic heterocycles. The number of aromatic nitrogens is 2. The van der Waals surface area contributed by atoms with E-state index in [1.807, 2.05) is 48.5 Å². The van der Waals surface area contributed by atoms with Gasteiger partial charge in [0.05, 0.1) is 18.3 Å². The van der Waals surface area contributed by atoms with Gasteiger partial charge in [0.15, 0.2) is 0 Å². The first kappa shape index (κ1) is 21.3. The molecular formula is C24H28N4O2. The summed E-state index contributed by atoms with van der Waals surface area (Å²) in [5.41, 5.74) is 9.52. The third-order valence-electron chi connectivity index (χ3n) is 5.01. The first-order valence-electron chi connectivity index (χ1n) is 9.75. The molecule has 1 amide bonds. The number of pyridine rings is 1. The van der Waals surface area contributed by atoms with Crippen LogP contribution < -0.4 is 15.8 Å². The average Bonchev–Trinajstić information content (AvgIpc) is 3.15. The minimum Gasteiger partial charge on any atom is -0.497 e. The van der Waals surface area contributed by atoms with E-state index < -0.39 is 0 Å². The van der Waals surface area contributed by atoms with Crippen molar-refractivity contribution in [3.05, 3.63) is 60.3 Å². The van der Waals surface area contributed by atoms with E-state index in [0.717, 1.165) is 51.7 Å². The van der Waals surface area contributed by atoms with E-state index in [1.165, 1.54) is 0 Å². The number of benzene rings is 2. The average molecular weight is 405 g/mol. The van der Waals surface area contributed by atoms with Crippen molar-refractivity contribution < 1.29 is 9.53 Å². The highest BCUT2D eigenvalue weighted by Gasteiger charge is 2.17. The second-order valence-electron chi connectivity index (χ2n) is 6.93. The number of fused-ring (bicyclic) bond motifs is 3. The Balaban J connectivity index is 0.00000256. The van der Waals surface area contributed by atoms with Gasteiger partial charge in [-0.3, -0.25) is 4.79 Å². The SMILES string of the molecule is C.COc1ccc(-c2nc(C(=O)NCCCCN)cc3c2[nH]c2ccccc23)cc1. The number of unbranched alkanes of at least 4 members (excludes halogenated alkanes) is 1. The lowest BCUT2D eigenvalue weighted by molar-refractivity contribution is 0.0948. The van der Waals surface area contributed by atoms with Crippen LogP contribution in [0, 0.1) is 0 Å². The number of carbonyl (C=O) groups is 1. The van der Waals surface area contributed by atoms with Crippen molar-refractivity contribution in [3.8, 4) is 17.0 Å². The van der Waals surface area contributed by atoms with Crippen LogP contribution in [0.2, 0.25) is 0 Å². The van der Waals surface area contributed by atoms with Crippen LogP contribution in [0.3, 0.4) is 0 Å². The van der Waals surface area contributed by atoms with E-state index in [4.69, 9.17) is 15.5 Å². The van der Waals surface area contributed by atoms with E-state index in [9.17, 15) is 4.79 Å². The molecule has 4 aromatic rings. The fourth-order valence-electron chi connectivity index (χ4n) is 3.48. The lowest BCUT2D eigenvalue weighted by Crippen LogP contribution is -2.25. The maximum absolute atomic E-state index is 12.8. The molecule has 0 spiro atoms. The molecule has 4 N–H and O–H groups in total. The number of nitrogens with two attached hydrogens (primary N) is 1. The summed E-state index contributed by atoms with van der Waals surface area (Å²) in [6, 6.07) is 17.6. The zero-order chi connectivity index (χ0) is 20.2. The number of aromatic amines is 1. The van der Waals surface area contributed by atoms with Crippen LogP contribution in [0.1, 0.15) is 30.8 Å². The Morgan fingerprint density at radius 1 is 1.10 bits per heavy atom. The molecule has 2 aromatic carbocycles. The first-order chi connectivity index (χ1) is 14.2. The van der Waals surface area contributed by atoms with Crippen molar-refractivity contribution in [2.45, 2.75) is 20.3 Å². The highest BCUT2D eigenvalue weighted by molar-refractivity contribution is 6.13. The fourth-order valence-corrected chi connectivity index (χ4v) is 3.48. The predicted molar refractivity (Wildman–Crippen MR) is 123 cm³/mol. The lowest BCUT2D eigenvalue weighted by Gasteiger charge is -2.09. The summed E-state index contributed by atoms with van der Waals surface area (Å²) in [4.78, 5) is 20.9. The van der Waals surface area contributed by atoms with Gasteiger partial charge in [0.25, 0.3) is 5.91 Å². The number of methoxy groups -OCH3 is 1. The van der Waals surface area contributed by atoms with Crippen LogP contribution in [0.15, 0.2) is 54.6 Å². The lowest BCUT2D eigenvalue weighted by atomic mass is 10.1. The Kier molecular flexibility index (Phi) is 6.69. The first-order valence-corrected chi connectivity index (χ1v) is 9.75. The monoisotopic (exact) mass is 404 g/mol. The van der Waals surface area contributed by atoms with Crippen molar-refractivity contribution in [2.24, 2.45) is 5.73 Å². The largest absolute Gasteiger partial charge is 0.497 e. The summed E-state index contributed by atoms with van der Waals surface area (Å²) >= 11 is 0. The number of rotatable bonds is 7. The topological polar surface area (TPSA) is 93.0 Å². The van der Waals surface area contributed by atoms with Gasteiger partial charge in [0.2, 0.25) is 0 Å². The van der Waals surface area contributed by atoms with Gasteiger partial charge in [-0.1, -0.05) is 25.6 Å². The van der Waals surface area contributed by atoms with Gasteiger partial charge in [0, 0.05) is 28.4 Å². The smallest absolute Gasteiger partial charge is 0.269 e. The number of hydrogen-bond donors (Lipinski definition) is 3. The molecule has 4 rings (SSSR count). The van der Waals surface area contributed by atoms with E-state index >= 15 is 0 Å². The number of nitrogens with one attached hydrogen (secondary N) is 2. The van der Waals surface area contributed by atoms with Crippen molar-refractivity contribution in [1.82, 2.24) is 15.3 Å². The summed E-state index contributed by atoms with van der Waals surface area (Å²) in [5, 5.41) is 5.00. The number of nitrogens with zero attached hydrogens (tertiary/aromatic N) is 1. The molecule has 2 aromatic heterocycles. The molecule has 6 nitrogen and oxygen atoms in total. The Hall–Kier alpha value is -3.38. The van der Waals surface area contributed by atoms with Crippen LogP contribution >= 0.6 is 0 Å². The molecule has 0 radical (unpaired) electrons. The van der Waals surface area contributed by atoms with Crippen molar-refractivity contribution in [3.63, 3.8) is 0 Å². The quantitative estimate of drug-likeness (QED) is 0.396. The third-order valence-corrected chi connectivity index (χ3v) is 5.01. The number of hydrogen-bond acceptors (Lipinski definition) is 4. The molecule has 0 fully saturated rings. The van der Waals surface area contributed by atoms with Gasteiger partial charge in [-0.25, -0.2) is 4.98 Å². The number of ether oxygens (including phenoxy) is 1. The summed E-state index contributed by atoms with van der Waals surface area (Å²) in [5.74, 6) is 0.597. The molecule has 30 heavy (non-hydrogen) atoms. The molecule has 0 atom stereocenters. The van der Waals surface area contributed by atoms with Gasteiger partial charge in [-0.2, -0.15) is 0 Å². The van der Waals surface area contributed by atoms with Crippen molar-refractivity contribution in [2.75, 3.05) is 20.2 Å². The summed E-state index contributed by atoms with van der Waals surface area (Å²) in [6.45, 7) is 1.21. The summed E-state index contributed by atoms with van der Waals surface area (Å²) in [7, 11) is 1.64. The molecule has 0 saturated heterocycles. The number of carbonyl (C=O) groups excluding carboxylic acids is 1. The number of amides is 1. The maximum atomic E-state index is 12.8. The van der Waals surface area contributed by atoms with Crippen molar-refractivity contribution >= 4 is 27.7 Å². The van der Waals surface area contributed by atoms with Crippen LogP contribution in [0.5, 0.6) is 5.75 Å². The highest BCUT2D eigenvalue weighted by atomic mass is 16.5. The van der Waals surface area contributed by atoms with Crippen LogP contribution in [-0.4, -0.2) is 36.1 Å². The maximum Gasteiger partial charge on any atom is 0.269 e. The minimum atomic E-state index is -0.177. The predicted octanol–water partition coefficient (Wildman–Crippen LogP) is 4.50. The van der Waals surface area contributed by atoms with Gasteiger partial charge >= 0.3 is 0 Å². The Labute approximate surface area is 176 Å². The van der Waals surface area contributed by atoms with Gasteiger partial charge in [0.1, 0.15) is 11.4 Å². The molecule has 0 saturated carbocycles. The fraction of sp³-hybridized carbons (Fsp3) is 0.250. The van der Waals surface area contributed by atoms with E-state index in [1.54, 1.807) is 7.11 Å². The zero-order valence-corrected chi connectivity index (χ0v) is 16.4. The Bertz CT molecular complexity index is 1150. The highest BCUT2D eigenvalue weighted by Crippen LogP contribution is 2.33. The normalized spacial score (nSPS) is 10.7. The van der Waals surface area contributed by atoms with E-state index in [-0.39, 0.29) is 13.3 Å². The van der Waals surface area contributed by atoms with Crippen molar-refractivity contribution in [1.29, 1.82) is 0 Å². The Morgan fingerprint density at radius 3 is 2.60 bits per heavy atom. The zero-order valence-electron chi connectivity index (χ0n) is 16.4. The van der Waals surface area contributed by atoms with Crippen LogP contribution in [-0.2, 0) is 0 Å². The second-order valence-corrected chi connectivity index (χ2v) is 6.93. The van der Waals surface area contributed by atoms with Gasteiger partial charge in [-0.05, 0) is 55.8 Å². The molecule has 0 unspecified atom stereocenters.